The van der Waals surface area contributed by atoms with Crippen LogP contribution in [0.2, 0.25) is 0 Å². The monoisotopic (exact) mass is 332 g/mol. The molecule has 0 aliphatic carbocycles. The van der Waals surface area contributed by atoms with Gasteiger partial charge >= 0.3 is 0 Å². The van der Waals surface area contributed by atoms with E-state index in [9.17, 15) is 23.1 Å². The van der Waals surface area contributed by atoms with Crippen LogP contribution in [-0.4, -0.2) is 21.8 Å². The Kier molecular flexibility index (Phi) is 3.84. The second-order valence-corrected chi connectivity index (χ2v) is 5.09. The van der Waals surface area contributed by atoms with E-state index < -0.39 is 17.5 Å². The number of fused-ring (bicyclic) bond motifs is 1. The summed E-state index contributed by atoms with van der Waals surface area (Å²) >= 11 is 0. The zero-order valence-corrected chi connectivity index (χ0v) is 12.4. The highest BCUT2D eigenvalue weighted by Crippen LogP contribution is 2.31. The number of rotatable bonds is 2. The molecule has 0 saturated heterocycles. The minimum Gasteiger partial charge on any atom is -0.505 e. The number of para-hydroxylation sites is 1. The highest BCUT2D eigenvalue weighted by Gasteiger charge is 2.17. The summed E-state index contributed by atoms with van der Waals surface area (Å²) in [7, 11) is 0. The van der Waals surface area contributed by atoms with Gasteiger partial charge in [-0.05, 0) is 12.1 Å². The standard InChI is InChI=1S/C17H11F3N2O2/c1-9(23)22-14-5-3-2-4-11(14)17(24)15(22)8-21-10-6-12(18)16(20)13(19)7-10/h2-8,24H,1H3. The summed E-state index contributed by atoms with van der Waals surface area (Å²) in [4.78, 5) is 15.7. The van der Waals surface area contributed by atoms with Crippen LogP contribution in [0.4, 0.5) is 18.9 Å². The van der Waals surface area contributed by atoms with E-state index in [1.54, 1.807) is 24.3 Å². The summed E-state index contributed by atoms with van der Waals surface area (Å²) < 4.78 is 40.6. The minimum atomic E-state index is -1.59. The summed E-state index contributed by atoms with van der Waals surface area (Å²) in [5, 5.41) is 10.7. The molecule has 122 valence electrons. The van der Waals surface area contributed by atoms with E-state index in [2.05, 4.69) is 4.99 Å². The smallest absolute Gasteiger partial charge is 0.228 e. The number of halogens is 3. The maximum Gasteiger partial charge on any atom is 0.228 e. The average Bonchev–Trinajstić information content (AvgIpc) is 2.83. The van der Waals surface area contributed by atoms with Gasteiger partial charge in [-0.25, -0.2) is 13.2 Å². The average molecular weight is 332 g/mol. The molecule has 0 fully saturated rings. The number of benzene rings is 2. The molecule has 1 N–H and O–H groups in total. The Morgan fingerprint density at radius 3 is 2.42 bits per heavy atom. The Labute approximate surface area is 134 Å². The van der Waals surface area contributed by atoms with Gasteiger partial charge in [-0.1, -0.05) is 12.1 Å². The first kappa shape index (κ1) is 15.8. The van der Waals surface area contributed by atoms with Crippen molar-refractivity contribution in [2.45, 2.75) is 6.92 Å². The number of aliphatic imine (C=N–C) groups is 1. The van der Waals surface area contributed by atoms with Crippen LogP contribution in [0.3, 0.4) is 0 Å². The van der Waals surface area contributed by atoms with E-state index >= 15 is 0 Å². The fourth-order valence-corrected chi connectivity index (χ4v) is 2.45. The molecule has 3 aromatic rings. The van der Waals surface area contributed by atoms with E-state index in [4.69, 9.17) is 0 Å². The molecule has 0 aliphatic heterocycles. The third-order valence-electron chi connectivity index (χ3n) is 3.50. The summed E-state index contributed by atoms with van der Waals surface area (Å²) in [6.45, 7) is 1.31. The lowest BCUT2D eigenvalue weighted by Crippen LogP contribution is -2.09. The van der Waals surface area contributed by atoms with Crippen molar-refractivity contribution in [1.29, 1.82) is 0 Å². The topological polar surface area (TPSA) is 54.6 Å². The van der Waals surface area contributed by atoms with E-state index in [-0.39, 0.29) is 23.0 Å². The maximum absolute atomic E-state index is 13.2. The molecule has 0 aliphatic rings. The van der Waals surface area contributed by atoms with Gasteiger partial charge in [0, 0.05) is 24.4 Å². The molecule has 3 rings (SSSR count). The minimum absolute atomic E-state index is 0.0637. The number of carbonyl (C=O) groups excluding carboxylic acids is 1. The van der Waals surface area contributed by atoms with Gasteiger partial charge in [-0.3, -0.25) is 14.4 Å². The lowest BCUT2D eigenvalue weighted by atomic mass is 10.2. The lowest BCUT2D eigenvalue weighted by molar-refractivity contribution is 0.0940. The second-order valence-electron chi connectivity index (χ2n) is 5.09. The highest BCUT2D eigenvalue weighted by molar-refractivity contribution is 6.04. The van der Waals surface area contributed by atoms with Crippen LogP contribution in [0, 0.1) is 17.5 Å². The quantitative estimate of drug-likeness (QED) is 0.565. The first-order chi connectivity index (χ1) is 11.4. The van der Waals surface area contributed by atoms with Crippen molar-refractivity contribution in [3.05, 3.63) is 59.5 Å². The maximum atomic E-state index is 13.2. The number of nitrogens with zero attached hydrogens (tertiary/aromatic N) is 2. The van der Waals surface area contributed by atoms with Gasteiger partial charge in [-0.15, -0.1) is 0 Å². The Hall–Kier alpha value is -3.09. The zero-order valence-electron chi connectivity index (χ0n) is 12.4. The second kappa shape index (κ2) is 5.84. The molecule has 4 nitrogen and oxygen atoms in total. The number of aromatic hydroxyl groups is 1. The molecule has 0 atom stereocenters. The third kappa shape index (κ3) is 2.54. The first-order valence-electron chi connectivity index (χ1n) is 6.92. The van der Waals surface area contributed by atoms with E-state index in [0.717, 1.165) is 6.21 Å². The summed E-state index contributed by atoms with van der Waals surface area (Å²) in [6, 6.07) is 8.09. The molecule has 0 saturated carbocycles. The Morgan fingerprint density at radius 1 is 1.17 bits per heavy atom. The van der Waals surface area contributed by atoms with Gasteiger partial charge in [0.2, 0.25) is 5.91 Å². The van der Waals surface area contributed by atoms with Crippen LogP contribution in [0.5, 0.6) is 5.75 Å². The van der Waals surface area contributed by atoms with E-state index in [0.29, 0.717) is 23.0 Å². The summed E-state index contributed by atoms with van der Waals surface area (Å²) in [5.41, 5.74) is 0.348. The zero-order chi connectivity index (χ0) is 17.4. The third-order valence-corrected chi connectivity index (χ3v) is 3.50. The van der Waals surface area contributed by atoms with Gasteiger partial charge in [0.1, 0.15) is 5.69 Å². The predicted molar refractivity (Wildman–Crippen MR) is 83.5 cm³/mol. The summed E-state index contributed by atoms with van der Waals surface area (Å²) in [6.07, 6.45) is 1.10. The Bertz CT molecular complexity index is 970. The van der Waals surface area contributed by atoms with Crippen molar-refractivity contribution in [3.63, 3.8) is 0 Å². The fraction of sp³-hybridized carbons (Fsp3) is 0.0588. The molecular formula is C17H11F3N2O2. The first-order valence-corrected chi connectivity index (χ1v) is 6.92. The molecule has 24 heavy (non-hydrogen) atoms. The molecule has 1 aromatic heterocycles. The predicted octanol–water partition coefficient (Wildman–Crippen LogP) is 4.17. The van der Waals surface area contributed by atoms with Gasteiger partial charge in [0.15, 0.2) is 23.2 Å². The molecule has 0 amide bonds. The van der Waals surface area contributed by atoms with Gasteiger partial charge in [-0.2, -0.15) is 0 Å². The van der Waals surface area contributed by atoms with Gasteiger partial charge in [0.05, 0.1) is 17.4 Å². The van der Waals surface area contributed by atoms with Gasteiger partial charge in [0.25, 0.3) is 0 Å². The van der Waals surface area contributed by atoms with Crippen LogP contribution in [0.15, 0.2) is 41.4 Å². The number of carbonyl (C=O) groups is 1. The normalized spacial score (nSPS) is 11.5. The van der Waals surface area contributed by atoms with Crippen molar-refractivity contribution < 1.29 is 23.1 Å². The molecule has 0 radical (unpaired) electrons. The number of aromatic nitrogens is 1. The Balaban J connectivity index is 2.15. The number of hydrogen-bond donors (Lipinski definition) is 1. The van der Waals surface area contributed by atoms with Crippen LogP contribution < -0.4 is 0 Å². The highest BCUT2D eigenvalue weighted by atomic mass is 19.2. The fourth-order valence-electron chi connectivity index (χ4n) is 2.45. The van der Waals surface area contributed by atoms with Crippen molar-refractivity contribution in [2.75, 3.05) is 0 Å². The van der Waals surface area contributed by atoms with E-state index in [1.807, 2.05) is 0 Å². The molecule has 0 unspecified atom stereocenters. The number of hydrogen-bond acceptors (Lipinski definition) is 3. The van der Waals surface area contributed by atoms with Crippen LogP contribution in [0.25, 0.3) is 10.9 Å². The largest absolute Gasteiger partial charge is 0.505 e. The van der Waals surface area contributed by atoms with Crippen LogP contribution >= 0.6 is 0 Å². The molecule has 7 heteroatoms. The van der Waals surface area contributed by atoms with Crippen LogP contribution in [-0.2, 0) is 0 Å². The Morgan fingerprint density at radius 2 is 1.79 bits per heavy atom. The van der Waals surface area contributed by atoms with Gasteiger partial charge < -0.3 is 5.11 Å². The van der Waals surface area contributed by atoms with Crippen LogP contribution in [0.1, 0.15) is 17.4 Å². The van der Waals surface area contributed by atoms with Crippen molar-refractivity contribution in [1.82, 2.24) is 4.57 Å². The van der Waals surface area contributed by atoms with Crippen molar-refractivity contribution >= 4 is 28.7 Å². The molecule has 1 heterocycles. The summed E-state index contributed by atoms with van der Waals surface area (Å²) in [5.74, 6) is -4.90. The van der Waals surface area contributed by atoms with Crippen molar-refractivity contribution in [3.8, 4) is 5.75 Å². The lowest BCUT2D eigenvalue weighted by Gasteiger charge is -2.02. The molecule has 2 aromatic carbocycles. The SMILES string of the molecule is CC(=O)n1c(C=Nc2cc(F)c(F)c(F)c2)c(O)c2ccccc21. The molecule has 0 bridgehead atoms. The van der Waals surface area contributed by atoms with Crippen molar-refractivity contribution in [2.24, 2.45) is 4.99 Å². The molecule has 0 spiro atoms. The molecular weight excluding hydrogens is 321 g/mol. The van der Waals surface area contributed by atoms with E-state index in [1.165, 1.54) is 11.5 Å².